The predicted octanol–water partition coefficient (Wildman–Crippen LogP) is 3.00. The number of hydrogen-bond acceptors (Lipinski definition) is 4. The fourth-order valence-electron chi connectivity index (χ4n) is 2.89. The summed E-state index contributed by atoms with van der Waals surface area (Å²) < 4.78 is 11.1. The summed E-state index contributed by atoms with van der Waals surface area (Å²) in [6.07, 6.45) is 0.945. The Morgan fingerprint density at radius 3 is 2.58 bits per heavy atom. The molecule has 1 amide bonds. The van der Waals surface area contributed by atoms with E-state index >= 15 is 0 Å². The van der Waals surface area contributed by atoms with E-state index in [9.17, 15) is 4.79 Å². The molecule has 0 saturated heterocycles. The molecule has 0 unspecified atom stereocenters. The summed E-state index contributed by atoms with van der Waals surface area (Å²) >= 11 is 0. The predicted molar refractivity (Wildman–Crippen MR) is 102 cm³/mol. The maximum Gasteiger partial charge on any atom is 0.279 e. The Bertz CT molecular complexity index is 846. The molecule has 2 aromatic rings. The molecule has 3 rings (SSSR count). The maximum absolute atomic E-state index is 12.5. The Balaban J connectivity index is 1.84. The van der Waals surface area contributed by atoms with E-state index in [2.05, 4.69) is 10.3 Å². The minimum absolute atomic E-state index is 0.205. The second-order valence-corrected chi connectivity index (χ2v) is 5.88. The number of benzene rings is 2. The third-order valence-corrected chi connectivity index (χ3v) is 4.12. The zero-order valence-corrected chi connectivity index (χ0v) is 15.0. The molecule has 0 radical (unpaired) electrons. The van der Waals surface area contributed by atoms with Gasteiger partial charge in [-0.2, -0.15) is 4.99 Å². The molecule has 1 aliphatic rings. The second-order valence-electron chi connectivity index (χ2n) is 5.88. The lowest BCUT2D eigenvalue weighted by atomic mass is 10.1. The molecule has 2 aromatic carbocycles. The molecule has 1 heterocycles. The van der Waals surface area contributed by atoms with Crippen LogP contribution in [0.3, 0.4) is 0 Å². The van der Waals surface area contributed by atoms with E-state index in [-0.39, 0.29) is 5.84 Å². The van der Waals surface area contributed by atoms with Crippen LogP contribution in [0.2, 0.25) is 0 Å². The quantitative estimate of drug-likeness (QED) is 0.616. The first kappa shape index (κ1) is 17.8. The van der Waals surface area contributed by atoms with Crippen LogP contribution in [0.5, 0.6) is 11.5 Å². The molecule has 0 spiro atoms. The molecular weight excluding hydrogens is 330 g/mol. The van der Waals surface area contributed by atoms with Gasteiger partial charge in [0.15, 0.2) is 11.5 Å². The van der Waals surface area contributed by atoms with Gasteiger partial charge in [-0.3, -0.25) is 4.79 Å². The van der Waals surface area contributed by atoms with Crippen LogP contribution in [-0.2, 0) is 6.42 Å². The van der Waals surface area contributed by atoms with Gasteiger partial charge in [-0.15, -0.1) is 0 Å². The van der Waals surface area contributed by atoms with Gasteiger partial charge in [-0.25, -0.2) is 0 Å². The normalized spacial score (nSPS) is 13.1. The summed E-state index contributed by atoms with van der Waals surface area (Å²) in [4.78, 5) is 16.6. The van der Waals surface area contributed by atoms with Gasteiger partial charge in [0.2, 0.25) is 0 Å². The number of aliphatic imine (C=N–C) groups is 1. The molecule has 0 bridgehead atoms. The number of nitrogens with zero attached hydrogens (tertiary/aromatic N) is 1. The van der Waals surface area contributed by atoms with Gasteiger partial charge in [0.1, 0.15) is 5.84 Å². The van der Waals surface area contributed by atoms with Gasteiger partial charge in [0.25, 0.3) is 5.91 Å². The fraction of sp³-hybridized carbons (Fsp3) is 0.300. The summed E-state index contributed by atoms with van der Waals surface area (Å²) in [6.45, 7) is 5.69. The highest BCUT2D eigenvalue weighted by Gasteiger charge is 2.14. The number of anilines is 1. The molecule has 0 aromatic heterocycles. The lowest BCUT2D eigenvalue weighted by Crippen LogP contribution is -2.16. The SMILES string of the molecule is CCOc1ccc(C(=O)N=C(N)c2ccc3c(c2)CCN3)cc1OCC. The van der Waals surface area contributed by atoms with Crippen molar-refractivity contribution >= 4 is 17.4 Å². The number of fused-ring (bicyclic) bond motifs is 1. The van der Waals surface area contributed by atoms with Crippen LogP contribution < -0.4 is 20.5 Å². The standard InChI is InChI=1S/C20H23N3O3/c1-3-25-17-8-6-15(12-18(17)26-4-2)20(24)23-19(21)14-5-7-16-13(11-14)9-10-22-16/h5-8,11-12,22H,3-4,9-10H2,1-2H3,(H2,21,23,24). The van der Waals surface area contributed by atoms with Crippen LogP contribution in [-0.4, -0.2) is 31.5 Å². The minimum Gasteiger partial charge on any atom is -0.490 e. The Labute approximate surface area is 153 Å². The smallest absolute Gasteiger partial charge is 0.279 e. The van der Waals surface area contributed by atoms with Crippen molar-refractivity contribution in [2.24, 2.45) is 10.7 Å². The Morgan fingerprint density at radius 1 is 1.08 bits per heavy atom. The molecule has 0 atom stereocenters. The first-order chi connectivity index (χ1) is 12.6. The summed E-state index contributed by atoms with van der Waals surface area (Å²) in [5.41, 5.74) is 9.51. The van der Waals surface area contributed by atoms with Gasteiger partial charge >= 0.3 is 0 Å². The van der Waals surface area contributed by atoms with E-state index in [0.29, 0.717) is 30.3 Å². The number of nitrogens with one attached hydrogen (secondary N) is 1. The highest BCUT2D eigenvalue weighted by molar-refractivity contribution is 6.09. The van der Waals surface area contributed by atoms with Crippen LogP contribution >= 0.6 is 0 Å². The molecule has 0 fully saturated rings. The van der Waals surface area contributed by atoms with Crippen LogP contribution in [0, 0.1) is 0 Å². The third-order valence-electron chi connectivity index (χ3n) is 4.12. The first-order valence-corrected chi connectivity index (χ1v) is 8.77. The van der Waals surface area contributed by atoms with Gasteiger partial charge in [0, 0.05) is 23.4 Å². The summed E-state index contributed by atoms with van der Waals surface area (Å²) in [5.74, 6) is 0.924. The first-order valence-electron chi connectivity index (χ1n) is 8.77. The zero-order chi connectivity index (χ0) is 18.5. The fourth-order valence-corrected chi connectivity index (χ4v) is 2.89. The number of carbonyl (C=O) groups is 1. The van der Waals surface area contributed by atoms with E-state index in [1.165, 1.54) is 5.56 Å². The average molecular weight is 353 g/mol. The number of ether oxygens (including phenoxy) is 2. The molecule has 1 aliphatic heterocycles. The molecule has 0 aliphatic carbocycles. The summed E-state index contributed by atoms with van der Waals surface area (Å²) in [5, 5.41) is 3.29. The number of rotatable bonds is 6. The lowest BCUT2D eigenvalue weighted by molar-refractivity contribution is 0.100. The van der Waals surface area contributed by atoms with Crippen molar-refractivity contribution in [2.45, 2.75) is 20.3 Å². The van der Waals surface area contributed by atoms with Crippen molar-refractivity contribution in [3.05, 3.63) is 53.1 Å². The topological polar surface area (TPSA) is 85.9 Å². The Morgan fingerprint density at radius 2 is 1.81 bits per heavy atom. The van der Waals surface area contributed by atoms with Crippen LogP contribution in [0.25, 0.3) is 0 Å². The zero-order valence-electron chi connectivity index (χ0n) is 15.0. The molecule has 3 N–H and O–H groups in total. The summed E-state index contributed by atoms with van der Waals surface area (Å²) in [6, 6.07) is 10.8. The van der Waals surface area contributed by atoms with E-state index in [1.54, 1.807) is 18.2 Å². The molecule has 26 heavy (non-hydrogen) atoms. The number of nitrogens with two attached hydrogens (primary N) is 1. The van der Waals surface area contributed by atoms with Crippen molar-refractivity contribution in [2.75, 3.05) is 25.1 Å². The van der Waals surface area contributed by atoms with E-state index in [1.807, 2.05) is 32.0 Å². The largest absolute Gasteiger partial charge is 0.490 e. The molecular formula is C20H23N3O3. The van der Waals surface area contributed by atoms with Crippen molar-refractivity contribution in [3.8, 4) is 11.5 Å². The monoisotopic (exact) mass is 353 g/mol. The van der Waals surface area contributed by atoms with Crippen molar-refractivity contribution in [3.63, 3.8) is 0 Å². The second kappa shape index (κ2) is 7.91. The van der Waals surface area contributed by atoms with E-state index in [4.69, 9.17) is 15.2 Å². The Hall–Kier alpha value is -3.02. The molecule has 136 valence electrons. The number of hydrogen-bond donors (Lipinski definition) is 2. The number of amides is 1. The molecule has 6 heteroatoms. The van der Waals surface area contributed by atoms with Gasteiger partial charge in [-0.1, -0.05) is 0 Å². The molecule has 6 nitrogen and oxygen atoms in total. The van der Waals surface area contributed by atoms with Crippen molar-refractivity contribution in [1.82, 2.24) is 0 Å². The molecule has 0 saturated carbocycles. The minimum atomic E-state index is -0.412. The van der Waals surface area contributed by atoms with Crippen LogP contribution in [0.4, 0.5) is 5.69 Å². The third kappa shape index (κ3) is 3.79. The number of carbonyl (C=O) groups excluding carboxylic acids is 1. The lowest BCUT2D eigenvalue weighted by Gasteiger charge is -2.11. The highest BCUT2D eigenvalue weighted by Crippen LogP contribution is 2.29. The van der Waals surface area contributed by atoms with Gasteiger partial charge in [0.05, 0.1) is 13.2 Å². The van der Waals surface area contributed by atoms with Crippen molar-refractivity contribution < 1.29 is 14.3 Å². The summed E-state index contributed by atoms with van der Waals surface area (Å²) in [7, 11) is 0. The maximum atomic E-state index is 12.5. The van der Waals surface area contributed by atoms with Gasteiger partial charge < -0.3 is 20.5 Å². The number of amidine groups is 1. The van der Waals surface area contributed by atoms with Crippen LogP contribution in [0.1, 0.15) is 35.3 Å². The van der Waals surface area contributed by atoms with E-state index in [0.717, 1.165) is 24.2 Å². The van der Waals surface area contributed by atoms with Gasteiger partial charge in [-0.05, 0) is 62.2 Å². The average Bonchev–Trinajstić information content (AvgIpc) is 3.11. The van der Waals surface area contributed by atoms with E-state index < -0.39 is 5.91 Å². The van der Waals surface area contributed by atoms with Crippen LogP contribution in [0.15, 0.2) is 41.4 Å². The Kier molecular flexibility index (Phi) is 5.41. The van der Waals surface area contributed by atoms with Crippen molar-refractivity contribution in [1.29, 1.82) is 0 Å². The highest BCUT2D eigenvalue weighted by atomic mass is 16.5.